The Morgan fingerprint density at radius 3 is 1.32 bits per heavy atom. The van der Waals surface area contributed by atoms with Crippen molar-refractivity contribution in [2.45, 2.75) is 0 Å². The van der Waals surface area contributed by atoms with Crippen molar-refractivity contribution in [1.29, 1.82) is 0 Å². The minimum absolute atomic E-state index is 0.0733. The molecule has 0 aliphatic rings. The van der Waals surface area contributed by atoms with Crippen LogP contribution in [0.2, 0.25) is 0 Å². The van der Waals surface area contributed by atoms with Gasteiger partial charge in [-0.1, -0.05) is 133 Å². The van der Waals surface area contributed by atoms with Crippen LogP contribution in [0.5, 0.6) is 11.5 Å². The van der Waals surface area contributed by atoms with E-state index in [2.05, 4.69) is 18.2 Å². The van der Waals surface area contributed by atoms with Crippen LogP contribution in [0.4, 0.5) is 0 Å². The summed E-state index contributed by atoms with van der Waals surface area (Å²) in [4.78, 5) is 15.1. The number of hydrogen-bond donors (Lipinski definition) is 2. The lowest BCUT2D eigenvalue weighted by molar-refractivity contribution is 0.476. The average molecular weight is 570 g/mol. The summed E-state index contributed by atoms with van der Waals surface area (Å²) in [6.07, 6.45) is 0. The van der Waals surface area contributed by atoms with Gasteiger partial charge in [-0.25, -0.2) is 15.0 Å². The molecule has 1 aromatic heterocycles. The molecule has 0 unspecified atom stereocenters. The zero-order chi connectivity index (χ0) is 29.9. The van der Waals surface area contributed by atoms with Crippen molar-refractivity contribution in [3.63, 3.8) is 0 Å². The monoisotopic (exact) mass is 569 g/mol. The summed E-state index contributed by atoms with van der Waals surface area (Å²) in [5.74, 6) is 1.47. The smallest absolute Gasteiger partial charge is 0.167 e. The van der Waals surface area contributed by atoms with Crippen molar-refractivity contribution in [3.05, 3.63) is 152 Å². The summed E-state index contributed by atoms with van der Waals surface area (Å²) < 4.78 is 0. The fraction of sp³-hybridized carbons (Fsp3) is 0. The van der Waals surface area contributed by atoms with Gasteiger partial charge in [0, 0.05) is 16.7 Å². The lowest BCUT2D eigenvalue weighted by atomic mass is 9.90. The number of aromatic nitrogens is 3. The molecule has 44 heavy (non-hydrogen) atoms. The number of rotatable bonds is 6. The zero-order valence-electron chi connectivity index (χ0n) is 23.7. The van der Waals surface area contributed by atoms with Gasteiger partial charge in [0.15, 0.2) is 17.5 Å². The molecular weight excluding hydrogens is 542 g/mol. The minimum Gasteiger partial charge on any atom is -0.507 e. The standard InChI is InChI=1S/C39H27N3O2/c43-34-24-11-9-19-30(34)31-23-13-22-29(27-16-5-2-6-17-27)36(31)39-41-37(40-38(42-39)33-21-10-12-25-35(33)44)32-20-8-7-18-28(32)26-14-3-1-4-15-26/h1-25,43-44H. The number of hydrogen-bond acceptors (Lipinski definition) is 5. The highest BCUT2D eigenvalue weighted by atomic mass is 16.3. The molecule has 210 valence electrons. The highest BCUT2D eigenvalue weighted by molar-refractivity contribution is 5.94. The van der Waals surface area contributed by atoms with Crippen molar-refractivity contribution in [1.82, 2.24) is 15.0 Å². The van der Waals surface area contributed by atoms with E-state index in [4.69, 9.17) is 15.0 Å². The lowest BCUT2D eigenvalue weighted by Crippen LogP contribution is -2.03. The first kappa shape index (κ1) is 26.8. The first-order chi connectivity index (χ1) is 21.7. The van der Waals surface area contributed by atoms with Gasteiger partial charge < -0.3 is 10.2 Å². The summed E-state index contributed by atoms with van der Waals surface area (Å²) in [5, 5.41) is 21.9. The van der Waals surface area contributed by atoms with E-state index < -0.39 is 0 Å². The van der Waals surface area contributed by atoms with Crippen LogP contribution in [0.25, 0.3) is 67.5 Å². The van der Waals surface area contributed by atoms with Gasteiger partial charge in [0.25, 0.3) is 0 Å². The summed E-state index contributed by atoms with van der Waals surface area (Å²) in [6, 6.07) is 48.5. The third-order valence-corrected chi connectivity index (χ3v) is 7.60. The van der Waals surface area contributed by atoms with Crippen LogP contribution in [0, 0.1) is 0 Å². The largest absolute Gasteiger partial charge is 0.507 e. The number of nitrogens with zero attached hydrogens (tertiary/aromatic N) is 3. The Balaban J connectivity index is 1.57. The van der Waals surface area contributed by atoms with Crippen molar-refractivity contribution < 1.29 is 10.2 Å². The maximum Gasteiger partial charge on any atom is 0.167 e. The van der Waals surface area contributed by atoms with E-state index >= 15 is 0 Å². The van der Waals surface area contributed by atoms with E-state index in [1.807, 2.05) is 103 Å². The molecule has 0 spiro atoms. The Hall–Kier alpha value is -6.07. The van der Waals surface area contributed by atoms with Crippen LogP contribution in [-0.4, -0.2) is 25.2 Å². The highest BCUT2D eigenvalue weighted by Crippen LogP contribution is 2.43. The third-order valence-electron chi connectivity index (χ3n) is 7.60. The van der Waals surface area contributed by atoms with Crippen LogP contribution >= 0.6 is 0 Å². The Labute approximate surface area is 255 Å². The number of aromatic hydroxyl groups is 2. The van der Waals surface area contributed by atoms with Crippen molar-refractivity contribution >= 4 is 0 Å². The van der Waals surface area contributed by atoms with Crippen LogP contribution in [0.3, 0.4) is 0 Å². The molecule has 5 heteroatoms. The molecule has 1 heterocycles. The van der Waals surface area contributed by atoms with Gasteiger partial charge in [-0.05, 0) is 46.0 Å². The quantitative estimate of drug-likeness (QED) is 0.209. The molecule has 6 aromatic carbocycles. The zero-order valence-corrected chi connectivity index (χ0v) is 23.7. The molecule has 0 aliphatic carbocycles. The van der Waals surface area contributed by atoms with Gasteiger partial charge in [0.2, 0.25) is 0 Å². The van der Waals surface area contributed by atoms with E-state index in [0.29, 0.717) is 28.6 Å². The number of benzene rings is 6. The molecular formula is C39H27N3O2. The molecule has 7 aromatic rings. The van der Waals surface area contributed by atoms with E-state index in [1.54, 1.807) is 30.3 Å². The van der Waals surface area contributed by atoms with Crippen LogP contribution in [0.15, 0.2) is 152 Å². The van der Waals surface area contributed by atoms with E-state index in [-0.39, 0.29) is 11.5 Å². The SMILES string of the molecule is Oc1ccccc1-c1nc(-c2ccccc2-c2ccccc2)nc(-c2c(-c3ccccc3)cccc2-c2ccccc2O)n1. The molecule has 0 atom stereocenters. The molecule has 0 bridgehead atoms. The topological polar surface area (TPSA) is 79.1 Å². The Bertz CT molecular complexity index is 2090. The molecule has 0 saturated carbocycles. The first-order valence-electron chi connectivity index (χ1n) is 14.3. The summed E-state index contributed by atoms with van der Waals surface area (Å²) in [5.41, 5.74) is 7.42. The van der Waals surface area contributed by atoms with Crippen LogP contribution in [0.1, 0.15) is 0 Å². The Kier molecular flexibility index (Phi) is 7.11. The number of phenols is 2. The van der Waals surface area contributed by atoms with Gasteiger partial charge in [-0.3, -0.25) is 0 Å². The molecule has 2 N–H and O–H groups in total. The van der Waals surface area contributed by atoms with E-state index in [1.165, 1.54) is 0 Å². The predicted octanol–water partition coefficient (Wildman–Crippen LogP) is 9.28. The van der Waals surface area contributed by atoms with E-state index in [9.17, 15) is 10.2 Å². The van der Waals surface area contributed by atoms with Crippen molar-refractivity contribution in [2.75, 3.05) is 0 Å². The second kappa shape index (κ2) is 11.7. The van der Waals surface area contributed by atoms with Gasteiger partial charge in [0.05, 0.1) is 5.56 Å². The second-order valence-corrected chi connectivity index (χ2v) is 10.3. The van der Waals surface area contributed by atoms with E-state index in [0.717, 1.165) is 38.9 Å². The summed E-state index contributed by atoms with van der Waals surface area (Å²) >= 11 is 0. The van der Waals surface area contributed by atoms with Crippen LogP contribution in [-0.2, 0) is 0 Å². The second-order valence-electron chi connectivity index (χ2n) is 10.3. The van der Waals surface area contributed by atoms with Gasteiger partial charge in [-0.15, -0.1) is 0 Å². The van der Waals surface area contributed by atoms with Gasteiger partial charge in [-0.2, -0.15) is 0 Å². The first-order valence-corrected chi connectivity index (χ1v) is 14.3. The van der Waals surface area contributed by atoms with Crippen LogP contribution < -0.4 is 0 Å². The minimum atomic E-state index is 0.0733. The molecule has 0 saturated heterocycles. The van der Waals surface area contributed by atoms with Crippen molar-refractivity contribution in [3.8, 4) is 79.0 Å². The lowest BCUT2D eigenvalue weighted by Gasteiger charge is -2.17. The Morgan fingerprint density at radius 1 is 0.295 bits per heavy atom. The molecule has 0 amide bonds. The summed E-state index contributed by atoms with van der Waals surface area (Å²) in [6.45, 7) is 0. The normalized spacial score (nSPS) is 10.9. The summed E-state index contributed by atoms with van der Waals surface area (Å²) in [7, 11) is 0. The molecule has 0 aliphatic heterocycles. The number of para-hydroxylation sites is 2. The van der Waals surface area contributed by atoms with Crippen molar-refractivity contribution in [2.24, 2.45) is 0 Å². The fourth-order valence-electron chi connectivity index (χ4n) is 5.52. The maximum absolute atomic E-state index is 11.0. The molecule has 0 radical (unpaired) electrons. The van der Waals surface area contributed by atoms with Gasteiger partial charge >= 0.3 is 0 Å². The molecule has 0 fully saturated rings. The Morgan fingerprint density at radius 2 is 0.705 bits per heavy atom. The molecule has 7 rings (SSSR count). The predicted molar refractivity (Wildman–Crippen MR) is 176 cm³/mol. The maximum atomic E-state index is 11.0. The fourth-order valence-corrected chi connectivity index (χ4v) is 5.52. The average Bonchev–Trinajstić information content (AvgIpc) is 3.09. The molecule has 5 nitrogen and oxygen atoms in total. The van der Waals surface area contributed by atoms with Gasteiger partial charge in [0.1, 0.15) is 11.5 Å². The third kappa shape index (κ3) is 5.08. The highest BCUT2D eigenvalue weighted by Gasteiger charge is 2.22. The number of phenolic OH excluding ortho intramolecular Hbond substituents is 2.